The van der Waals surface area contributed by atoms with Crippen LogP contribution in [0, 0.1) is 11.6 Å². The van der Waals surface area contributed by atoms with Crippen molar-refractivity contribution in [1.82, 2.24) is 14.5 Å². The second-order valence-electron chi connectivity index (χ2n) is 8.17. The van der Waals surface area contributed by atoms with Crippen molar-refractivity contribution >= 4 is 29.1 Å². The summed E-state index contributed by atoms with van der Waals surface area (Å²) in [4.78, 5) is 35.9. The second kappa shape index (κ2) is 7.95. The van der Waals surface area contributed by atoms with Crippen LogP contribution in [0.2, 0.25) is 5.02 Å². The Morgan fingerprint density at radius 3 is 2.26 bits per heavy atom. The number of rotatable bonds is 3. The Balaban J connectivity index is 1.47. The first-order valence-electron chi connectivity index (χ1n) is 10.7. The van der Waals surface area contributed by atoms with Crippen LogP contribution in [-0.2, 0) is 13.1 Å². The smallest absolute Gasteiger partial charge is 0.261 e. The van der Waals surface area contributed by atoms with E-state index in [4.69, 9.17) is 11.6 Å². The predicted molar refractivity (Wildman–Crippen MR) is 125 cm³/mol. The number of carbonyl (C=O) groups is 2. The lowest BCUT2D eigenvalue weighted by Gasteiger charge is -2.18. The first-order chi connectivity index (χ1) is 16.9. The Labute approximate surface area is 203 Å². The Morgan fingerprint density at radius 2 is 1.57 bits per heavy atom. The summed E-state index contributed by atoms with van der Waals surface area (Å²) >= 11 is 6.27. The van der Waals surface area contributed by atoms with Gasteiger partial charge in [-0.15, -0.1) is 0 Å². The van der Waals surface area contributed by atoms with E-state index in [0.29, 0.717) is 38.9 Å². The van der Waals surface area contributed by atoms with E-state index in [1.807, 2.05) is 0 Å². The summed E-state index contributed by atoms with van der Waals surface area (Å²) in [5, 5.41) is 0.360. The minimum absolute atomic E-state index is 0.0253. The lowest BCUT2D eigenvalue weighted by Crippen LogP contribution is -2.30. The summed E-state index contributed by atoms with van der Waals surface area (Å²) in [5.74, 6) is -1.79. The number of imidazole rings is 1. The molecule has 0 N–H and O–H groups in total. The normalized spacial score (nSPS) is 14.4. The number of halogens is 3. The van der Waals surface area contributed by atoms with Gasteiger partial charge in [-0.1, -0.05) is 29.8 Å². The number of amides is 2. The quantitative estimate of drug-likeness (QED) is 0.383. The molecule has 0 aliphatic carbocycles. The zero-order chi connectivity index (χ0) is 24.3. The first-order valence-corrected chi connectivity index (χ1v) is 11.1. The molecule has 9 heteroatoms. The van der Waals surface area contributed by atoms with Gasteiger partial charge >= 0.3 is 0 Å². The SMILES string of the molecule is O=C1c2ccccc2C(=O)N1Cc1cnc2n1-c1ccc(Cl)cc1C(c1c(F)cccc1F)=NC2. The Hall–Kier alpha value is -4.17. The average Bonchev–Trinajstić information content (AvgIpc) is 3.30. The van der Waals surface area contributed by atoms with Crippen LogP contribution < -0.4 is 0 Å². The second-order valence-corrected chi connectivity index (χ2v) is 8.60. The molecule has 172 valence electrons. The van der Waals surface area contributed by atoms with E-state index in [1.54, 1.807) is 53.2 Å². The Morgan fingerprint density at radius 1 is 0.886 bits per heavy atom. The third kappa shape index (κ3) is 3.29. The fourth-order valence-corrected chi connectivity index (χ4v) is 4.73. The molecule has 0 bridgehead atoms. The number of hydrogen-bond donors (Lipinski definition) is 0. The highest BCUT2D eigenvalue weighted by atomic mass is 35.5. The molecule has 4 aromatic rings. The summed E-state index contributed by atoms with van der Waals surface area (Å²) in [6, 6.07) is 15.2. The van der Waals surface area contributed by atoms with Crippen LogP contribution in [0.4, 0.5) is 8.78 Å². The van der Waals surface area contributed by atoms with Crippen molar-refractivity contribution in [2.24, 2.45) is 4.99 Å². The van der Waals surface area contributed by atoms with Gasteiger partial charge in [0.05, 0.1) is 53.1 Å². The highest BCUT2D eigenvalue weighted by Gasteiger charge is 2.36. The Bertz CT molecular complexity index is 1540. The van der Waals surface area contributed by atoms with Gasteiger partial charge in [0.1, 0.15) is 17.5 Å². The number of imide groups is 1. The molecule has 0 spiro atoms. The third-order valence-electron chi connectivity index (χ3n) is 6.14. The molecule has 1 aromatic heterocycles. The maximum atomic E-state index is 14.7. The van der Waals surface area contributed by atoms with Crippen molar-refractivity contribution in [3.63, 3.8) is 0 Å². The molecule has 2 aliphatic heterocycles. The number of benzene rings is 3. The van der Waals surface area contributed by atoms with Gasteiger partial charge < -0.3 is 0 Å². The van der Waals surface area contributed by atoms with E-state index < -0.39 is 23.4 Å². The van der Waals surface area contributed by atoms with Crippen LogP contribution in [0.3, 0.4) is 0 Å². The van der Waals surface area contributed by atoms with Crippen molar-refractivity contribution in [3.8, 4) is 5.69 Å². The molecule has 0 fully saturated rings. The highest BCUT2D eigenvalue weighted by Crippen LogP contribution is 2.32. The van der Waals surface area contributed by atoms with Crippen LogP contribution in [-0.4, -0.2) is 32.0 Å². The fourth-order valence-electron chi connectivity index (χ4n) is 4.56. The van der Waals surface area contributed by atoms with Crippen molar-refractivity contribution in [3.05, 3.63) is 117 Å². The summed E-state index contributed by atoms with van der Waals surface area (Å²) in [6.45, 7) is -0.0116. The van der Waals surface area contributed by atoms with Gasteiger partial charge in [0.2, 0.25) is 0 Å². The largest absolute Gasteiger partial charge is 0.297 e. The molecule has 3 heterocycles. The lowest BCUT2D eigenvalue weighted by atomic mass is 9.99. The van der Waals surface area contributed by atoms with Gasteiger partial charge in [0.15, 0.2) is 0 Å². The number of aliphatic imine (C=N–C) groups is 1. The van der Waals surface area contributed by atoms with Crippen LogP contribution in [0.15, 0.2) is 71.9 Å². The van der Waals surface area contributed by atoms with E-state index in [0.717, 1.165) is 4.90 Å². The molecule has 2 amide bonds. The Kier molecular flexibility index (Phi) is 4.86. The monoisotopic (exact) mass is 488 g/mol. The van der Waals surface area contributed by atoms with Gasteiger partial charge in [-0.25, -0.2) is 13.8 Å². The zero-order valence-electron chi connectivity index (χ0n) is 18.0. The highest BCUT2D eigenvalue weighted by molar-refractivity contribution is 6.31. The van der Waals surface area contributed by atoms with Gasteiger partial charge in [-0.2, -0.15) is 0 Å². The minimum Gasteiger partial charge on any atom is -0.297 e. The first kappa shape index (κ1) is 21.4. The molecule has 0 unspecified atom stereocenters. The third-order valence-corrected chi connectivity index (χ3v) is 6.37. The fraction of sp³-hybridized carbons (Fsp3) is 0.0769. The number of fused-ring (bicyclic) bond motifs is 4. The van der Waals surface area contributed by atoms with Crippen molar-refractivity contribution in [2.45, 2.75) is 13.1 Å². The summed E-state index contributed by atoms with van der Waals surface area (Å²) in [7, 11) is 0. The number of carbonyl (C=O) groups excluding carboxylic acids is 2. The minimum atomic E-state index is -0.750. The van der Waals surface area contributed by atoms with E-state index in [1.165, 1.54) is 18.2 Å². The van der Waals surface area contributed by atoms with Crippen molar-refractivity contribution < 1.29 is 18.4 Å². The molecule has 3 aromatic carbocycles. The van der Waals surface area contributed by atoms with E-state index in [9.17, 15) is 18.4 Å². The molecular weight excluding hydrogens is 474 g/mol. The number of aromatic nitrogens is 2. The van der Waals surface area contributed by atoms with Crippen molar-refractivity contribution in [1.29, 1.82) is 0 Å². The zero-order valence-corrected chi connectivity index (χ0v) is 18.8. The van der Waals surface area contributed by atoms with Gasteiger partial charge in [0.25, 0.3) is 11.8 Å². The summed E-state index contributed by atoms with van der Waals surface area (Å²) in [6.07, 6.45) is 1.57. The molecule has 2 aliphatic rings. The maximum Gasteiger partial charge on any atom is 0.261 e. The maximum absolute atomic E-state index is 14.7. The molecular formula is C26H15ClF2N4O2. The van der Waals surface area contributed by atoms with Crippen LogP contribution in [0.5, 0.6) is 0 Å². The number of hydrogen-bond acceptors (Lipinski definition) is 4. The molecule has 0 saturated carbocycles. The summed E-state index contributed by atoms with van der Waals surface area (Å²) < 4.78 is 31.2. The summed E-state index contributed by atoms with van der Waals surface area (Å²) in [5.41, 5.74) is 2.03. The predicted octanol–water partition coefficient (Wildman–Crippen LogP) is 4.95. The van der Waals surface area contributed by atoms with Gasteiger partial charge in [0, 0.05) is 10.6 Å². The molecule has 6 nitrogen and oxygen atoms in total. The lowest BCUT2D eigenvalue weighted by molar-refractivity contribution is 0.0639. The molecule has 0 atom stereocenters. The van der Waals surface area contributed by atoms with Crippen LogP contribution in [0.25, 0.3) is 5.69 Å². The number of nitrogens with zero attached hydrogens (tertiary/aromatic N) is 4. The van der Waals surface area contributed by atoms with E-state index in [-0.39, 0.29) is 24.4 Å². The standard InChI is InChI=1S/C26H15ClF2N4O2/c27-14-8-9-21-18(10-14)24(23-19(28)6-3-7-20(23)29)31-12-22-30-11-15(33(21)22)13-32-25(34)16-4-1-2-5-17(16)26(32)35/h1-11H,12-13H2. The van der Waals surface area contributed by atoms with Crippen molar-refractivity contribution in [2.75, 3.05) is 0 Å². The molecule has 0 saturated heterocycles. The van der Waals surface area contributed by atoms with Gasteiger partial charge in [-0.05, 0) is 42.5 Å². The van der Waals surface area contributed by atoms with E-state index in [2.05, 4.69) is 9.98 Å². The van der Waals surface area contributed by atoms with Gasteiger partial charge in [-0.3, -0.25) is 24.0 Å². The average molecular weight is 489 g/mol. The molecule has 0 radical (unpaired) electrons. The van der Waals surface area contributed by atoms with Crippen LogP contribution >= 0.6 is 11.6 Å². The van der Waals surface area contributed by atoms with Crippen LogP contribution in [0.1, 0.15) is 43.4 Å². The molecule has 35 heavy (non-hydrogen) atoms. The topological polar surface area (TPSA) is 67.6 Å². The molecule has 6 rings (SSSR count). The van der Waals surface area contributed by atoms with E-state index >= 15 is 0 Å².